The molecule has 0 aliphatic heterocycles. The predicted octanol–water partition coefficient (Wildman–Crippen LogP) is 4.88. The predicted molar refractivity (Wildman–Crippen MR) is 108 cm³/mol. The van der Waals surface area contributed by atoms with E-state index < -0.39 is 6.16 Å². The summed E-state index contributed by atoms with van der Waals surface area (Å²) in [6, 6.07) is 0. The van der Waals surface area contributed by atoms with Gasteiger partial charge in [0.15, 0.2) is 5.78 Å². The first-order valence-corrected chi connectivity index (χ1v) is 11.3. The van der Waals surface area contributed by atoms with Crippen LogP contribution in [-0.4, -0.2) is 30.4 Å². The Bertz CT molecular complexity index is 752. The maximum Gasteiger partial charge on any atom is 0.508 e. The Hall–Kier alpha value is -1.65. The molecule has 5 heteroatoms. The molecule has 6 atom stereocenters. The first-order valence-electron chi connectivity index (χ1n) is 11.3. The fraction of sp³-hybridized carbons (Fsp3) is 0.792. The summed E-state index contributed by atoms with van der Waals surface area (Å²) in [6.45, 7) is 8.71. The van der Waals surface area contributed by atoms with Gasteiger partial charge in [-0.1, -0.05) is 33.3 Å². The fourth-order valence-electron chi connectivity index (χ4n) is 6.65. The lowest BCUT2D eigenvalue weighted by atomic mass is 9.48. The van der Waals surface area contributed by atoms with Gasteiger partial charge in [-0.25, -0.2) is 4.79 Å². The highest BCUT2D eigenvalue weighted by Gasteiger charge is 2.61. The lowest BCUT2D eigenvalue weighted by molar-refractivity contribution is -0.139. The van der Waals surface area contributed by atoms with Gasteiger partial charge in [0, 0.05) is 24.2 Å². The van der Waals surface area contributed by atoms with E-state index in [0.717, 1.165) is 37.7 Å². The smallest absolute Gasteiger partial charge is 0.434 e. The lowest BCUT2D eigenvalue weighted by Gasteiger charge is -2.55. The molecule has 4 aliphatic carbocycles. The average molecular weight is 403 g/mol. The summed E-state index contributed by atoms with van der Waals surface area (Å²) >= 11 is 0. The number of carbonyl (C=O) groups is 3. The Kier molecular flexibility index (Phi) is 5.15. The van der Waals surface area contributed by atoms with Crippen LogP contribution in [-0.2, 0) is 19.1 Å². The molecule has 0 radical (unpaired) electrons. The second-order valence-corrected chi connectivity index (χ2v) is 10.6. The van der Waals surface area contributed by atoms with E-state index in [2.05, 4.69) is 13.8 Å². The number of hydrogen-bond acceptors (Lipinski definition) is 5. The number of allylic oxidation sites excluding steroid dienone is 1. The highest BCUT2D eigenvalue weighted by Crippen LogP contribution is 2.63. The lowest BCUT2D eigenvalue weighted by Crippen LogP contribution is -2.53. The van der Waals surface area contributed by atoms with Crippen LogP contribution in [0.2, 0.25) is 0 Å². The maximum atomic E-state index is 13.2. The van der Waals surface area contributed by atoms with Crippen molar-refractivity contribution in [1.82, 2.24) is 0 Å². The van der Waals surface area contributed by atoms with Crippen molar-refractivity contribution in [3.63, 3.8) is 0 Å². The number of carbonyl (C=O) groups excluding carboxylic acids is 3. The number of fused-ring (bicyclic) bond motifs is 5. The number of hydrogen-bond donors (Lipinski definition) is 0. The highest BCUT2D eigenvalue weighted by atomic mass is 16.7. The van der Waals surface area contributed by atoms with Crippen LogP contribution in [0.3, 0.4) is 0 Å². The van der Waals surface area contributed by atoms with E-state index >= 15 is 0 Å². The van der Waals surface area contributed by atoms with Crippen molar-refractivity contribution in [2.75, 3.05) is 6.61 Å². The summed E-state index contributed by atoms with van der Waals surface area (Å²) in [5.41, 5.74) is 0.788. The van der Waals surface area contributed by atoms with Gasteiger partial charge in [-0.3, -0.25) is 9.59 Å². The molecular weight excluding hydrogens is 368 g/mol. The molecule has 0 spiro atoms. The molecule has 3 fully saturated rings. The molecule has 5 nitrogen and oxygen atoms in total. The second kappa shape index (κ2) is 7.24. The first-order chi connectivity index (χ1) is 13.6. The summed E-state index contributed by atoms with van der Waals surface area (Å²) in [4.78, 5) is 37.7. The van der Waals surface area contributed by atoms with E-state index in [4.69, 9.17) is 9.47 Å². The van der Waals surface area contributed by atoms with Crippen molar-refractivity contribution >= 4 is 17.7 Å². The van der Waals surface area contributed by atoms with E-state index in [-0.39, 0.29) is 40.5 Å². The van der Waals surface area contributed by atoms with Gasteiger partial charge in [-0.15, -0.1) is 0 Å². The van der Waals surface area contributed by atoms with Crippen LogP contribution in [0, 0.1) is 34.5 Å². The molecule has 0 aromatic carbocycles. The third kappa shape index (κ3) is 3.34. The summed E-state index contributed by atoms with van der Waals surface area (Å²) in [7, 11) is 0. The maximum absolute atomic E-state index is 13.2. The fourth-order valence-corrected chi connectivity index (χ4v) is 6.65. The molecular formula is C24H34O5. The van der Waals surface area contributed by atoms with Crippen molar-refractivity contribution in [3.05, 3.63) is 11.6 Å². The number of ether oxygens (including phenoxy) is 2. The highest BCUT2D eigenvalue weighted by molar-refractivity contribution is 5.96. The molecule has 4 rings (SSSR count). The van der Waals surface area contributed by atoms with Crippen molar-refractivity contribution in [1.29, 1.82) is 0 Å². The van der Waals surface area contributed by atoms with Gasteiger partial charge in [0.05, 0.1) is 6.61 Å². The Morgan fingerprint density at radius 2 is 1.79 bits per heavy atom. The van der Waals surface area contributed by atoms with Crippen LogP contribution in [0.25, 0.3) is 0 Å². The molecule has 160 valence electrons. The van der Waals surface area contributed by atoms with Gasteiger partial charge < -0.3 is 9.47 Å². The van der Waals surface area contributed by atoms with Crippen LogP contribution >= 0.6 is 0 Å². The monoisotopic (exact) mass is 402 g/mol. The third-order valence-electron chi connectivity index (χ3n) is 8.41. The Balaban J connectivity index is 1.51. The molecule has 0 aromatic rings. The van der Waals surface area contributed by atoms with E-state index in [1.165, 1.54) is 0 Å². The average Bonchev–Trinajstić information content (AvgIpc) is 2.96. The Morgan fingerprint density at radius 3 is 2.52 bits per heavy atom. The van der Waals surface area contributed by atoms with Gasteiger partial charge in [0.25, 0.3) is 0 Å². The summed E-state index contributed by atoms with van der Waals surface area (Å²) in [5.74, 6) is 1.28. The minimum absolute atomic E-state index is 0.0255. The largest absolute Gasteiger partial charge is 0.508 e. The Labute approximate surface area is 173 Å². The second-order valence-electron chi connectivity index (χ2n) is 10.6. The van der Waals surface area contributed by atoms with E-state index in [9.17, 15) is 14.4 Å². The molecule has 0 unspecified atom stereocenters. The van der Waals surface area contributed by atoms with Crippen LogP contribution in [0.4, 0.5) is 4.79 Å². The molecule has 0 saturated heterocycles. The molecule has 0 heterocycles. The normalized spacial score (nSPS) is 41.3. The van der Waals surface area contributed by atoms with E-state index in [1.807, 2.05) is 19.9 Å². The summed E-state index contributed by atoms with van der Waals surface area (Å²) in [5, 5.41) is 0. The van der Waals surface area contributed by atoms with E-state index in [1.54, 1.807) is 0 Å². The van der Waals surface area contributed by atoms with Crippen molar-refractivity contribution < 1.29 is 23.9 Å². The van der Waals surface area contributed by atoms with Gasteiger partial charge in [0.2, 0.25) is 0 Å². The topological polar surface area (TPSA) is 69.7 Å². The summed E-state index contributed by atoms with van der Waals surface area (Å²) < 4.78 is 10.7. The standard InChI is InChI=1S/C24H34O5/c1-14(2)13-28-22(27)29-16-7-9-23(3)15(11-16)12-19(25)21-17-5-6-20(26)24(17,4)10-8-18(21)23/h12,14,16-18,21H,5-11,13H2,1-4H3/t16-,17-,18-,21-,23-,24-/m0/s1. The summed E-state index contributed by atoms with van der Waals surface area (Å²) in [6.07, 6.45) is 6.64. The third-order valence-corrected chi connectivity index (χ3v) is 8.41. The molecule has 0 bridgehead atoms. The molecule has 0 aromatic heterocycles. The quantitative estimate of drug-likeness (QED) is 0.630. The zero-order valence-electron chi connectivity index (χ0n) is 18.2. The molecule has 29 heavy (non-hydrogen) atoms. The van der Waals surface area contributed by atoms with Crippen molar-refractivity contribution in [2.24, 2.45) is 34.5 Å². The van der Waals surface area contributed by atoms with Gasteiger partial charge in [-0.05, 0) is 61.3 Å². The molecule has 0 amide bonds. The Morgan fingerprint density at radius 1 is 1.10 bits per heavy atom. The number of Topliss-reactive ketones (excluding diaryl/α,β-unsaturated/α-hetero) is 1. The van der Waals surface area contributed by atoms with Crippen molar-refractivity contribution in [3.8, 4) is 0 Å². The molecule has 3 saturated carbocycles. The van der Waals surface area contributed by atoms with Gasteiger partial charge in [-0.2, -0.15) is 0 Å². The van der Waals surface area contributed by atoms with Gasteiger partial charge >= 0.3 is 6.16 Å². The van der Waals surface area contributed by atoms with Crippen LogP contribution in [0.15, 0.2) is 11.6 Å². The molecule has 0 N–H and O–H groups in total. The minimum Gasteiger partial charge on any atom is -0.434 e. The zero-order valence-corrected chi connectivity index (χ0v) is 18.2. The molecule has 4 aliphatic rings. The van der Waals surface area contributed by atoms with Crippen molar-refractivity contribution in [2.45, 2.75) is 78.7 Å². The van der Waals surface area contributed by atoms with Crippen LogP contribution < -0.4 is 0 Å². The first kappa shape index (κ1) is 20.6. The van der Waals surface area contributed by atoms with Crippen LogP contribution in [0.5, 0.6) is 0 Å². The zero-order chi connectivity index (χ0) is 21.0. The van der Waals surface area contributed by atoms with E-state index in [0.29, 0.717) is 31.1 Å². The minimum atomic E-state index is -0.606. The SMILES string of the molecule is CC(C)COC(=O)O[C@H]1CC[C@@]2(C)C(=CC(=O)[C@@H]3[C@@H]2CC[C@]2(C)C(=O)CC[C@@H]32)C1. The number of ketones is 2. The van der Waals surface area contributed by atoms with Gasteiger partial charge in [0.1, 0.15) is 11.9 Å². The van der Waals surface area contributed by atoms with Crippen LogP contribution in [0.1, 0.15) is 72.6 Å². The number of rotatable bonds is 3.